The number of piperazine rings is 1. The third-order valence-electron chi connectivity index (χ3n) is 3.72. The molecule has 5 nitrogen and oxygen atoms in total. The second-order valence-electron chi connectivity index (χ2n) is 5.03. The molecule has 1 atom stereocenters. The molecule has 2 N–H and O–H groups in total. The first-order valence-corrected chi connectivity index (χ1v) is 7.43. The molecule has 1 aliphatic rings. The van der Waals surface area contributed by atoms with E-state index in [1.54, 1.807) is 30.0 Å². The topological polar surface area (TPSA) is 66.6 Å². The van der Waals surface area contributed by atoms with Gasteiger partial charge in [-0.1, -0.05) is 23.2 Å². The van der Waals surface area contributed by atoms with Gasteiger partial charge < -0.3 is 10.6 Å². The maximum absolute atomic E-state index is 12.4. The standard InChI is InChI=1S/C14H17Cl2N3O2/c1-9(13(17)20)18-4-6-19(7-5-18)14(21)11-3-2-10(15)8-12(11)16/h2-3,8-9H,4-7H2,1H3,(H2,17,20). The molecule has 1 saturated heterocycles. The van der Waals surface area contributed by atoms with E-state index in [0.717, 1.165) is 0 Å². The van der Waals surface area contributed by atoms with Gasteiger partial charge >= 0.3 is 0 Å². The highest BCUT2D eigenvalue weighted by Gasteiger charge is 2.27. The van der Waals surface area contributed by atoms with Gasteiger partial charge in [0.1, 0.15) is 0 Å². The van der Waals surface area contributed by atoms with Crippen molar-refractivity contribution in [3.63, 3.8) is 0 Å². The average molecular weight is 330 g/mol. The van der Waals surface area contributed by atoms with Crippen LogP contribution in [0.4, 0.5) is 0 Å². The van der Waals surface area contributed by atoms with Crippen molar-refractivity contribution < 1.29 is 9.59 Å². The molecule has 1 unspecified atom stereocenters. The third-order valence-corrected chi connectivity index (χ3v) is 4.27. The molecule has 0 bridgehead atoms. The van der Waals surface area contributed by atoms with Crippen LogP contribution in [0.3, 0.4) is 0 Å². The third kappa shape index (κ3) is 3.67. The molecule has 0 aliphatic carbocycles. The van der Waals surface area contributed by atoms with Gasteiger partial charge in [-0.3, -0.25) is 14.5 Å². The molecule has 114 valence electrons. The van der Waals surface area contributed by atoms with E-state index in [4.69, 9.17) is 28.9 Å². The number of primary amides is 1. The summed E-state index contributed by atoms with van der Waals surface area (Å²) in [4.78, 5) is 27.3. The SMILES string of the molecule is CC(C(N)=O)N1CCN(C(=O)c2ccc(Cl)cc2Cl)CC1. The van der Waals surface area contributed by atoms with E-state index in [0.29, 0.717) is 41.8 Å². The Balaban J connectivity index is 2.02. The first-order valence-electron chi connectivity index (χ1n) is 6.68. The van der Waals surface area contributed by atoms with Gasteiger partial charge in [-0.15, -0.1) is 0 Å². The zero-order chi connectivity index (χ0) is 15.6. The molecular formula is C14H17Cl2N3O2. The van der Waals surface area contributed by atoms with E-state index >= 15 is 0 Å². The van der Waals surface area contributed by atoms with Crippen molar-refractivity contribution in [3.8, 4) is 0 Å². The molecule has 0 radical (unpaired) electrons. The Bertz CT molecular complexity index is 557. The Hall–Kier alpha value is -1.30. The van der Waals surface area contributed by atoms with E-state index in [2.05, 4.69) is 0 Å². The zero-order valence-corrected chi connectivity index (χ0v) is 13.2. The number of benzene rings is 1. The van der Waals surface area contributed by atoms with Crippen molar-refractivity contribution in [2.24, 2.45) is 5.73 Å². The number of hydrogen-bond donors (Lipinski definition) is 1. The van der Waals surface area contributed by atoms with Crippen LogP contribution in [0.2, 0.25) is 10.0 Å². The van der Waals surface area contributed by atoms with Gasteiger partial charge in [-0.2, -0.15) is 0 Å². The molecule has 1 fully saturated rings. The van der Waals surface area contributed by atoms with Gasteiger partial charge in [0.15, 0.2) is 0 Å². The minimum Gasteiger partial charge on any atom is -0.368 e. The van der Waals surface area contributed by atoms with Crippen molar-refractivity contribution in [1.82, 2.24) is 9.80 Å². The Morgan fingerprint density at radius 2 is 1.81 bits per heavy atom. The zero-order valence-electron chi connectivity index (χ0n) is 11.7. The second-order valence-corrected chi connectivity index (χ2v) is 5.87. The molecule has 0 aromatic heterocycles. The fraction of sp³-hybridized carbons (Fsp3) is 0.429. The van der Waals surface area contributed by atoms with Crippen LogP contribution in [0.5, 0.6) is 0 Å². The molecule has 2 rings (SSSR count). The van der Waals surface area contributed by atoms with Crippen molar-refractivity contribution >= 4 is 35.0 Å². The normalized spacial score (nSPS) is 17.6. The highest BCUT2D eigenvalue weighted by atomic mass is 35.5. The average Bonchev–Trinajstić information content (AvgIpc) is 2.46. The lowest BCUT2D eigenvalue weighted by molar-refractivity contribution is -0.123. The van der Waals surface area contributed by atoms with E-state index in [-0.39, 0.29) is 17.9 Å². The number of amides is 2. The van der Waals surface area contributed by atoms with Crippen LogP contribution < -0.4 is 5.73 Å². The molecule has 0 spiro atoms. The summed E-state index contributed by atoms with van der Waals surface area (Å²) in [6.07, 6.45) is 0. The van der Waals surface area contributed by atoms with Crippen LogP contribution in [0, 0.1) is 0 Å². The summed E-state index contributed by atoms with van der Waals surface area (Å²) in [5.74, 6) is -0.474. The number of hydrogen-bond acceptors (Lipinski definition) is 3. The van der Waals surface area contributed by atoms with E-state index in [1.807, 2.05) is 4.90 Å². The number of carbonyl (C=O) groups is 2. The summed E-state index contributed by atoms with van der Waals surface area (Å²) < 4.78 is 0. The molecule has 7 heteroatoms. The van der Waals surface area contributed by atoms with Crippen molar-refractivity contribution in [2.45, 2.75) is 13.0 Å². The fourth-order valence-electron chi connectivity index (χ4n) is 2.33. The van der Waals surface area contributed by atoms with Crippen LogP contribution in [-0.2, 0) is 4.79 Å². The lowest BCUT2D eigenvalue weighted by Crippen LogP contribution is -2.54. The summed E-state index contributed by atoms with van der Waals surface area (Å²) >= 11 is 11.9. The number of carbonyl (C=O) groups excluding carboxylic acids is 2. The summed E-state index contributed by atoms with van der Waals surface area (Å²) in [7, 11) is 0. The smallest absolute Gasteiger partial charge is 0.255 e. The number of rotatable bonds is 3. The predicted octanol–water partition coefficient (Wildman–Crippen LogP) is 1.63. The van der Waals surface area contributed by atoms with Gasteiger partial charge in [0, 0.05) is 31.2 Å². The second kappa shape index (κ2) is 6.64. The maximum atomic E-state index is 12.4. The first-order chi connectivity index (χ1) is 9.90. The lowest BCUT2D eigenvalue weighted by Gasteiger charge is -2.37. The van der Waals surface area contributed by atoms with Crippen LogP contribution in [-0.4, -0.2) is 53.8 Å². The van der Waals surface area contributed by atoms with Crippen LogP contribution in [0.25, 0.3) is 0 Å². The monoisotopic (exact) mass is 329 g/mol. The van der Waals surface area contributed by atoms with Crippen LogP contribution in [0.1, 0.15) is 17.3 Å². The van der Waals surface area contributed by atoms with Crippen LogP contribution in [0.15, 0.2) is 18.2 Å². The fourth-order valence-corrected chi connectivity index (χ4v) is 2.81. The summed E-state index contributed by atoms with van der Waals surface area (Å²) in [6.45, 7) is 4.07. The van der Waals surface area contributed by atoms with Gasteiger partial charge in [0.25, 0.3) is 5.91 Å². The summed E-state index contributed by atoms with van der Waals surface area (Å²) in [5.41, 5.74) is 5.74. The predicted molar refractivity (Wildman–Crippen MR) is 82.6 cm³/mol. The molecular weight excluding hydrogens is 313 g/mol. The summed E-state index contributed by atoms with van der Waals surface area (Å²) in [6, 6.07) is 4.51. The lowest BCUT2D eigenvalue weighted by atomic mass is 10.1. The number of nitrogens with two attached hydrogens (primary N) is 1. The van der Waals surface area contributed by atoms with Crippen LogP contribution >= 0.6 is 23.2 Å². The molecule has 1 heterocycles. The number of halogens is 2. The molecule has 0 saturated carbocycles. The molecule has 1 aromatic carbocycles. The Labute approximate surface area is 133 Å². The highest BCUT2D eigenvalue weighted by molar-refractivity contribution is 6.36. The van der Waals surface area contributed by atoms with Crippen molar-refractivity contribution in [2.75, 3.05) is 26.2 Å². The Morgan fingerprint density at radius 3 is 2.33 bits per heavy atom. The number of nitrogens with zero attached hydrogens (tertiary/aromatic N) is 2. The largest absolute Gasteiger partial charge is 0.368 e. The van der Waals surface area contributed by atoms with E-state index in [1.165, 1.54) is 0 Å². The quantitative estimate of drug-likeness (QED) is 0.916. The maximum Gasteiger partial charge on any atom is 0.255 e. The van der Waals surface area contributed by atoms with Gasteiger partial charge in [-0.05, 0) is 25.1 Å². The van der Waals surface area contributed by atoms with E-state index in [9.17, 15) is 9.59 Å². The van der Waals surface area contributed by atoms with Gasteiger partial charge in [-0.25, -0.2) is 0 Å². The Kier molecular flexibility index (Phi) is 5.08. The van der Waals surface area contributed by atoms with Gasteiger partial charge in [0.2, 0.25) is 5.91 Å². The molecule has 21 heavy (non-hydrogen) atoms. The first kappa shape index (κ1) is 16.1. The molecule has 1 aromatic rings. The molecule has 1 aliphatic heterocycles. The van der Waals surface area contributed by atoms with Crippen molar-refractivity contribution in [3.05, 3.63) is 33.8 Å². The van der Waals surface area contributed by atoms with Crippen molar-refractivity contribution in [1.29, 1.82) is 0 Å². The summed E-state index contributed by atoms with van der Waals surface area (Å²) in [5, 5.41) is 0.845. The van der Waals surface area contributed by atoms with Gasteiger partial charge in [0.05, 0.1) is 16.6 Å². The molecule has 2 amide bonds. The minimum absolute atomic E-state index is 0.122. The van der Waals surface area contributed by atoms with E-state index < -0.39 is 0 Å². The Morgan fingerprint density at radius 1 is 1.19 bits per heavy atom. The highest BCUT2D eigenvalue weighted by Crippen LogP contribution is 2.23. The minimum atomic E-state index is -0.351.